The van der Waals surface area contributed by atoms with Crippen molar-refractivity contribution in [2.75, 3.05) is 5.32 Å². The van der Waals surface area contributed by atoms with Crippen LogP contribution in [0.2, 0.25) is 0 Å². The van der Waals surface area contributed by atoms with Crippen molar-refractivity contribution in [3.05, 3.63) is 79.9 Å². The maximum Gasteiger partial charge on any atom is 0.267 e. The van der Waals surface area contributed by atoms with Gasteiger partial charge in [-0.15, -0.1) is 11.3 Å². The number of nitrogens with one attached hydrogen (secondary N) is 1. The molecule has 1 aliphatic rings. The van der Waals surface area contributed by atoms with Crippen molar-refractivity contribution in [3.8, 4) is 5.69 Å². The van der Waals surface area contributed by atoms with E-state index < -0.39 is 5.25 Å². The normalized spacial score (nSPS) is 13.8. The lowest BCUT2D eigenvalue weighted by atomic mass is 9.97. The number of anilines is 1. The fourth-order valence-corrected chi connectivity index (χ4v) is 6.93. The summed E-state index contributed by atoms with van der Waals surface area (Å²) in [5, 5.41) is 3.60. The van der Waals surface area contributed by atoms with Gasteiger partial charge in [0.25, 0.3) is 5.56 Å². The summed E-state index contributed by atoms with van der Waals surface area (Å²) in [5.41, 5.74) is 4.99. The minimum atomic E-state index is -0.531. The molecule has 4 aromatic rings. The number of hydrogen-bond acceptors (Lipinski definition) is 6. The molecule has 1 aliphatic carbocycles. The van der Waals surface area contributed by atoms with Gasteiger partial charge in [-0.2, -0.15) is 0 Å². The van der Waals surface area contributed by atoms with Gasteiger partial charge in [-0.25, -0.2) is 4.98 Å². The summed E-state index contributed by atoms with van der Waals surface area (Å²) < 4.78 is 1.69. The lowest BCUT2D eigenvalue weighted by Gasteiger charge is -2.18. The van der Waals surface area contributed by atoms with Crippen LogP contribution in [0.25, 0.3) is 15.9 Å². The Bertz CT molecular complexity index is 1600. The van der Waals surface area contributed by atoms with E-state index >= 15 is 0 Å². The van der Waals surface area contributed by atoms with Gasteiger partial charge < -0.3 is 5.32 Å². The molecule has 2 aromatic carbocycles. The summed E-state index contributed by atoms with van der Waals surface area (Å²) in [6, 6.07) is 12.9. The van der Waals surface area contributed by atoms with E-state index in [1.165, 1.54) is 23.6 Å². The van der Waals surface area contributed by atoms with Gasteiger partial charge in [0.05, 0.1) is 16.3 Å². The van der Waals surface area contributed by atoms with Crippen LogP contribution in [0.15, 0.2) is 52.4 Å². The Kier molecular flexibility index (Phi) is 7.05. The van der Waals surface area contributed by atoms with Gasteiger partial charge in [-0.3, -0.25) is 19.0 Å². The fraction of sp³-hybridized carbons (Fsp3) is 0.310. The molecule has 0 fully saturated rings. The van der Waals surface area contributed by atoms with Crippen LogP contribution >= 0.6 is 23.1 Å². The Hall–Kier alpha value is -3.23. The van der Waals surface area contributed by atoms with Gasteiger partial charge >= 0.3 is 0 Å². The van der Waals surface area contributed by atoms with Crippen molar-refractivity contribution in [1.82, 2.24) is 9.55 Å². The molecule has 2 heterocycles. The average molecular weight is 532 g/mol. The predicted octanol–water partition coefficient (Wildman–Crippen LogP) is 6.26. The summed E-state index contributed by atoms with van der Waals surface area (Å²) in [7, 11) is 0. The van der Waals surface area contributed by atoms with Crippen molar-refractivity contribution in [2.24, 2.45) is 0 Å². The Balaban J connectivity index is 1.56. The molecule has 6 nitrogen and oxygen atoms in total. The average Bonchev–Trinajstić information content (AvgIpc) is 3.24. The number of hydrogen-bond donors (Lipinski definition) is 1. The molecule has 190 valence electrons. The molecule has 0 bridgehead atoms. The molecular weight excluding hydrogens is 502 g/mol. The molecule has 8 heteroatoms. The van der Waals surface area contributed by atoms with E-state index in [-0.39, 0.29) is 17.2 Å². The number of fused-ring (bicyclic) bond motifs is 3. The first-order valence-electron chi connectivity index (χ1n) is 12.5. The zero-order chi connectivity index (χ0) is 26.3. The second-order valence-electron chi connectivity index (χ2n) is 9.60. The van der Waals surface area contributed by atoms with Crippen molar-refractivity contribution in [1.29, 1.82) is 0 Å². The Morgan fingerprint density at radius 1 is 1.11 bits per heavy atom. The molecular formula is C29H29N3O3S2. The second-order valence-corrected chi connectivity index (χ2v) is 12.0. The molecule has 0 radical (unpaired) electrons. The topological polar surface area (TPSA) is 81.1 Å². The van der Waals surface area contributed by atoms with Crippen LogP contribution in [0, 0.1) is 13.8 Å². The number of aryl methyl sites for hydroxylation is 4. The molecule has 0 saturated carbocycles. The first-order chi connectivity index (χ1) is 17.7. The third kappa shape index (κ3) is 5.00. The number of amides is 1. The van der Waals surface area contributed by atoms with Crippen LogP contribution in [-0.2, 0) is 17.6 Å². The van der Waals surface area contributed by atoms with Crippen molar-refractivity contribution >= 4 is 50.7 Å². The molecule has 2 aromatic heterocycles. The molecule has 0 aliphatic heterocycles. The third-order valence-corrected chi connectivity index (χ3v) is 8.99. The Morgan fingerprint density at radius 3 is 2.68 bits per heavy atom. The van der Waals surface area contributed by atoms with Gasteiger partial charge in [-0.1, -0.05) is 36.0 Å². The van der Waals surface area contributed by atoms with Crippen molar-refractivity contribution < 1.29 is 9.59 Å². The van der Waals surface area contributed by atoms with E-state index in [0.717, 1.165) is 58.3 Å². The highest BCUT2D eigenvalue weighted by molar-refractivity contribution is 8.00. The smallest absolute Gasteiger partial charge is 0.267 e. The van der Waals surface area contributed by atoms with Crippen LogP contribution in [0.5, 0.6) is 0 Å². The number of thioether (sulfide) groups is 1. The number of benzene rings is 2. The first kappa shape index (κ1) is 25.4. The highest BCUT2D eigenvalue weighted by Gasteiger charge is 2.26. The number of Topliss-reactive ketones (excluding diaryl/α,β-unsaturated/α-hetero) is 1. The number of carbonyl (C=O) groups is 2. The van der Waals surface area contributed by atoms with Crippen LogP contribution in [0.1, 0.15) is 58.6 Å². The lowest BCUT2D eigenvalue weighted by Crippen LogP contribution is -2.27. The molecule has 1 amide bonds. The number of carbonyl (C=O) groups excluding carboxylic acids is 2. The molecule has 0 spiro atoms. The summed E-state index contributed by atoms with van der Waals surface area (Å²) >= 11 is 2.88. The van der Waals surface area contributed by atoms with Gasteiger partial charge in [0.15, 0.2) is 10.9 Å². The predicted molar refractivity (Wildman–Crippen MR) is 152 cm³/mol. The highest BCUT2D eigenvalue weighted by atomic mass is 32.2. The SMILES string of the molecule is CC(=O)c1cccc(NC(=O)C(C)Sc2nc3sc4c(c3c(=O)n2-c2cc(C)ccc2C)CCCC4)c1. The summed E-state index contributed by atoms with van der Waals surface area (Å²) in [6.07, 6.45) is 4.11. The third-order valence-electron chi connectivity index (χ3n) is 6.75. The summed E-state index contributed by atoms with van der Waals surface area (Å²) in [6.45, 7) is 7.29. The molecule has 1 atom stereocenters. The van der Waals surface area contributed by atoms with Crippen LogP contribution < -0.4 is 10.9 Å². The largest absolute Gasteiger partial charge is 0.325 e. The number of thiophene rings is 1. The van der Waals surface area contributed by atoms with E-state index in [1.807, 2.05) is 32.0 Å². The maximum absolute atomic E-state index is 14.1. The number of nitrogens with zero attached hydrogens (tertiary/aromatic N) is 2. The van der Waals surface area contributed by atoms with Gasteiger partial charge in [-0.05, 0) is 88.3 Å². The quantitative estimate of drug-likeness (QED) is 0.180. The maximum atomic E-state index is 14.1. The summed E-state index contributed by atoms with van der Waals surface area (Å²) in [4.78, 5) is 45.9. The monoisotopic (exact) mass is 531 g/mol. The number of aromatic nitrogens is 2. The zero-order valence-corrected chi connectivity index (χ0v) is 23.0. The highest BCUT2D eigenvalue weighted by Crippen LogP contribution is 2.36. The minimum absolute atomic E-state index is 0.0628. The zero-order valence-electron chi connectivity index (χ0n) is 21.4. The number of ketones is 1. The standard InChI is InChI=1S/C29H29N3O3S2/c1-16-12-13-17(2)23(14-16)32-28(35)25-22-10-5-6-11-24(22)37-27(25)31-29(32)36-19(4)26(34)30-21-9-7-8-20(15-21)18(3)33/h7-9,12-15,19H,5-6,10-11H2,1-4H3,(H,30,34). The van der Waals surface area contributed by atoms with Crippen LogP contribution in [-0.4, -0.2) is 26.5 Å². The van der Waals surface area contributed by atoms with E-state index in [0.29, 0.717) is 16.4 Å². The Labute approximate surface area is 224 Å². The fourth-order valence-electron chi connectivity index (χ4n) is 4.71. The van der Waals surface area contributed by atoms with Crippen LogP contribution in [0.4, 0.5) is 5.69 Å². The molecule has 1 unspecified atom stereocenters. The van der Waals surface area contributed by atoms with Crippen LogP contribution in [0.3, 0.4) is 0 Å². The lowest BCUT2D eigenvalue weighted by molar-refractivity contribution is -0.115. The number of rotatable bonds is 6. The van der Waals surface area contributed by atoms with Gasteiger partial charge in [0.1, 0.15) is 4.83 Å². The second kappa shape index (κ2) is 10.3. The van der Waals surface area contributed by atoms with Crippen molar-refractivity contribution in [2.45, 2.75) is 63.8 Å². The molecule has 1 N–H and O–H groups in total. The van der Waals surface area contributed by atoms with E-state index in [2.05, 4.69) is 5.32 Å². The van der Waals surface area contributed by atoms with Crippen molar-refractivity contribution in [3.63, 3.8) is 0 Å². The van der Waals surface area contributed by atoms with Gasteiger partial charge in [0, 0.05) is 16.1 Å². The Morgan fingerprint density at radius 2 is 1.89 bits per heavy atom. The first-order valence-corrected chi connectivity index (χ1v) is 14.2. The summed E-state index contributed by atoms with van der Waals surface area (Å²) in [5.74, 6) is -0.287. The van der Waals surface area contributed by atoms with E-state index in [4.69, 9.17) is 4.98 Å². The van der Waals surface area contributed by atoms with E-state index in [9.17, 15) is 14.4 Å². The molecule has 0 saturated heterocycles. The van der Waals surface area contributed by atoms with Gasteiger partial charge in [0.2, 0.25) is 5.91 Å². The molecule has 37 heavy (non-hydrogen) atoms. The van der Waals surface area contributed by atoms with E-state index in [1.54, 1.807) is 47.1 Å². The molecule has 5 rings (SSSR count). The minimum Gasteiger partial charge on any atom is -0.325 e.